The van der Waals surface area contributed by atoms with Crippen molar-refractivity contribution in [1.82, 2.24) is 24.7 Å². The molecule has 0 spiro atoms. The maximum atomic E-state index is 12.6. The fourth-order valence-corrected chi connectivity index (χ4v) is 3.10. The van der Waals surface area contributed by atoms with Gasteiger partial charge in [0.2, 0.25) is 5.89 Å². The fourth-order valence-electron chi connectivity index (χ4n) is 3.10. The number of alkyl halides is 2. The quantitative estimate of drug-likeness (QED) is 0.461. The van der Waals surface area contributed by atoms with Crippen LogP contribution in [0.3, 0.4) is 0 Å². The summed E-state index contributed by atoms with van der Waals surface area (Å²) < 4.78 is 37.4. The molecule has 8 nitrogen and oxygen atoms in total. The Hall–Kier alpha value is -4.08. The van der Waals surface area contributed by atoms with E-state index in [0.717, 1.165) is 16.8 Å². The van der Waals surface area contributed by atoms with Crippen LogP contribution in [0, 0.1) is 0 Å². The molecule has 0 radical (unpaired) electrons. The summed E-state index contributed by atoms with van der Waals surface area (Å²) in [4.78, 5) is 8.59. The highest BCUT2D eigenvalue weighted by Crippen LogP contribution is 2.25. The van der Waals surface area contributed by atoms with Crippen molar-refractivity contribution in [2.75, 3.05) is 5.73 Å². The van der Waals surface area contributed by atoms with Gasteiger partial charge < -0.3 is 19.1 Å². The molecule has 10 heteroatoms. The van der Waals surface area contributed by atoms with E-state index in [1.807, 2.05) is 41.1 Å². The van der Waals surface area contributed by atoms with Gasteiger partial charge in [0, 0.05) is 23.9 Å². The molecule has 0 amide bonds. The van der Waals surface area contributed by atoms with E-state index in [0.29, 0.717) is 23.2 Å². The Kier molecular flexibility index (Phi) is 4.24. The van der Waals surface area contributed by atoms with Crippen LogP contribution in [0.15, 0.2) is 63.8 Å². The van der Waals surface area contributed by atoms with Gasteiger partial charge in [-0.3, -0.25) is 0 Å². The smallest absolute Gasteiger partial charge is 0.314 e. The summed E-state index contributed by atoms with van der Waals surface area (Å²) in [6.07, 6.45) is 0.867. The first-order valence-electron chi connectivity index (χ1n) is 8.94. The number of aromatic nitrogens is 5. The SMILES string of the molecule is Nc1nc2cc(-c3cn(Cc4ccc(-c5nnc(C(F)F)o5)cc4)cn3)ccc2o1. The molecular weight excluding hydrogens is 394 g/mol. The van der Waals surface area contributed by atoms with Crippen molar-refractivity contribution < 1.29 is 17.6 Å². The second-order valence-corrected chi connectivity index (χ2v) is 6.61. The second-order valence-electron chi connectivity index (χ2n) is 6.61. The minimum Gasteiger partial charge on any atom is -0.424 e. The molecule has 0 unspecified atom stereocenters. The standard InChI is InChI=1S/C20H14F2N6O2/c21-17(22)19-27-26-18(30-19)12-3-1-11(2-4-12)8-28-9-15(24-10-28)13-5-6-16-14(7-13)25-20(23)29-16/h1-7,9-10,17H,8H2,(H2,23,25). The molecule has 0 aliphatic rings. The Bertz CT molecular complexity index is 1320. The van der Waals surface area contributed by atoms with Gasteiger partial charge in [0.05, 0.1) is 12.0 Å². The number of fused-ring (bicyclic) bond motifs is 1. The summed E-state index contributed by atoms with van der Waals surface area (Å²) in [5.41, 5.74) is 10.1. The minimum atomic E-state index is -2.79. The lowest BCUT2D eigenvalue weighted by molar-refractivity contribution is 0.116. The molecule has 3 heterocycles. The summed E-state index contributed by atoms with van der Waals surface area (Å²) in [6, 6.07) is 12.9. The van der Waals surface area contributed by atoms with Crippen molar-refractivity contribution in [3.05, 3.63) is 66.4 Å². The summed E-state index contributed by atoms with van der Waals surface area (Å²) in [7, 11) is 0. The van der Waals surface area contributed by atoms with Crippen LogP contribution in [0.5, 0.6) is 0 Å². The van der Waals surface area contributed by atoms with E-state index in [9.17, 15) is 8.78 Å². The molecule has 0 atom stereocenters. The van der Waals surface area contributed by atoms with E-state index in [4.69, 9.17) is 14.6 Å². The summed E-state index contributed by atoms with van der Waals surface area (Å²) in [5, 5.41) is 6.99. The van der Waals surface area contributed by atoms with Crippen molar-refractivity contribution in [3.63, 3.8) is 0 Å². The zero-order valence-corrected chi connectivity index (χ0v) is 15.4. The average molecular weight is 408 g/mol. The highest BCUT2D eigenvalue weighted by Gasteiger charge is 2.17. The first kappa shape index (κ1) is 18.0. The number of imidazole rings is 1. The van der Waals surface area contributed by atoms with Gasteiger partial charge in [-0.1, -0.05) is 12.1 Å². The van der Waals surface area contributed by atoms with Crippen LogP contribution in [0.1, 0.15) is 17.9 Å². The number of nitrogens with zero attached hydrogens (tertiary/aromatic N) is 5. The van der Waals surface area contributed by atoms with Crippen molar-refractivity contribution in [1.29, 1.82) is 0 Å². The maximum Gasteiger partial charge on any atom is 0.314 e. The number of anilines is 1. The monoisotopic (exact) mass is 408 g/mol. The van der Waals surface area contributed by atoms with Crippen LogP contribution in [0.25, 0.3) is 33.8 Å². The first-order valence-corrected chi connectivity index (χ1v) is 8.94. The fraction of sp³-hybridized carbons (Fsp3) is 0.100. The maximum absolute atomic E-state index is 12.6. The van der Waals surface area contributed by atoms with Crippen molar-refractivity contribution in [2.24, 2.45) is 0 Å². The van der Waals surface area contributed by atoms with Gasteiger partial charge >= 0.3 is 6.43 Å². The Labute approximate surface area is 168 Å². The zero-order valence-electron chi connectivity index (χ0n) is 15.4. The highest BCUT2D eigenvalue weighted by atomic mass is 19.3. The second kappa shape index (κ2) is 7.07. The number of hydrogen-bond donors (Lipinski definition) is 1. The summed E-state index contributed by atoms with van der Waals surface area (Å²) in [6.45, 7) is 0.582. The molecule has 0 saturated carbocycles. The van der Waals surface area contributed by atoms with E-state index in [1.54, 1.807) is 18.5 Å². The molecule has 0 aliphatic carbocycles. The predicted octanol–water partition coefficient (Wildman–Crippen LogP) is 4.31. The molecular formula is C20H14F2N6O2. The Morgan fingerprint density at radius 2 is 1.80 bits per heavy atom. The third kappa shape index (κ3) is 3.39. The van der Waals surface area contributed by atoms with Gasteiger partial charge in [-0.05, 0) is 35.9 Å². The molecule has 3 aromatic heterocycles. The first-order chi connectivity index (χ1) is 14.5. The van der Waals surface area contributed by atoms with Crippen molar-refractivity contribution >= 4 is 17.1 Å². The molecule has 2 N–H and O–H groups in total. The van der Waals surface area contributed by atoms with Crippen LogP contribution in [0.4, 0.5) is 14.8 Å². The summed E-state index contributed by atoms with van der Waals surface area (Å²) in [5.74, 6) is -0.628. The van der Waals surface area contributed by atoms with Crippen molar-refractivity contribution in [2.45, 2.75) is 13.0 Å². The van der Waals surface area contributed by atoms with Gasteiger partial charge in [-0.2, -0.15) is 13.8 Å². The van der Waals surface area contributed by atoms with Crippen LogP contribution in [-0.2, 0) is 6.54 Å². The normalized spacial score (nSPS) is 11.6. The van der Waals surface area contributed by atoms with Crippen LogP contribution >= 0.6 is 0 Å². The van der Waals surface area contributed by atoms with E-state index in [-0.39, 0.29) is 11.9 Å². The third-order valence-electron chi connectivity index (χ3n) is 4.53. The minimum absolute atomic E-state index is 0.0608. The molecule has 5 rings (SSSR count). The third-order valence-corrected chi connectivity index (χ3v) is 4.53. The van der Waals surface area contributed by atoms with Gasteiger partial charge in [0.15, 0.2) is 5.58 Å². The Morgan fingerprint density at radius 1 is 1.00 bits per heavy atom. The number of oxazole rings is 1. The van der Waals surface area contributed by atoms with Gasteiger partial charge in [0.25, 0.3) is 11.9 Å². The molecule has 5 aromatic rings. The Morgan fingerprint density at radius 3 is 2.57 bits per heavy atom. The van der Waals surface area contributed by atoms with E-state index < -0.39 is 12.3 Å². The number of nitrogens with two attached hydrogens (primary N) is 1. The lowest BCUT2D eigenvalue weighted by Crippen LogP contribution is -1.96. The topological polar surface area (TPSA) is 109 Å². The number of nitrogen functional groups attached to an aromatic ring is 1. The largest absolute Gasteiger partial charge is 0.424 e. The van der Waals surface area contributed by atoms with Gasteiger partial charge in [0.1, 0.15) is 5.52 Å². The van der Waals surface area contributed by atoms with E-state index in [1.165, 1.54) is 0 Å². The lowest BCUT2D eigenvalue weighted by atomic mass is 10.1. The molecule has 0 saturated heterocycles. The van der Waals surface area contributed by atoms with E-state index in [2.05, 4.69) is 20.2 Å². The molecule has 0 aliphatic heterocycles. The van der Waals surface area contributed by atoms with Gasteiger partial charge in [-0.15, -0.1) is 10.2 Å². The van der Waals surface area contributed by atoms with E-state index >= 15 is 0 Å². The number of benzene rings is 2. The number of rotatable bonds is 5. The molecule has 30 heavy (non-hydrogen) atoms. The highest BCUT2D eigenvalue weighted by molar-refractivity contribution is 5.80. The van der Waals surface area contributed by atoms with Gasteiger partial charge in [-0.25, -0.2) is 4.98 Å². The van der Waals surface area contributed by atoms with Crippen LogP contribution in [-0.4, -0.2) is 24.7 Å². The molecule has 2 aromatic carbocycles. The molecule has 0 bridgehead atoms. The molecule has 0 fully saturated rings. The summed E-state index contributed by atoms with van der Waals surface area (Å²) >= 11 is 0. The molecule has 150 valence electrons. The Balaban J connectivity index is 1.33. The lowest BCUT2D eigenvalue weighted by Gasteiger charge is -2.03. The predicted molar refractivity (Wildman–Crippen MR) is 103 cm³/mol. The zero-order chi connectivity index (χ0) is 20.7. The number of hydrogen-bond acceptors (Lipinski definition) is 7. The van der Waals surface area contributed by atoms with Crippen LogP contribution < -0.4 is 5.73 Å². The van der Waals surface area contributed by atoms with Crippen LogP contribution in [0.2, 0.25) is 0 Å². The number of halogens is 2. The average Bonchev–Trinajstić information content (AvgIpc) is 3.47. The van der Waals surface area contributed by atoms with Crippen molar-refractivity contribution in [3.8, 4) is 22.7 Å².